The van der Waals surface area contributed by atoms with Gasteiger partial charge >= 0.3 is 0 Å². The summed E-state index contributed by atoms with van der Waals surface area (Å²) in [4.78, 5) is 19.5. The lowest BCUT2D eigenvalue weighted by molar-refractivity contribution is 0.0488. The van der Waals surface area contributed by atoms with Gasteiger partial charge in [-0.25, -0.2) is 4.98 Å². The zero-order valence-electron chi connectivity index (χ0n) is 15.1. The molecule has 0 saturated carbocycles. The molecular weight excluding hydrogens is 312 g/mol. The summed E-state index contributed by atoms with van der Waals surface area (Å²) < 4.78 is 0. The molecule has 0 saturated heterocycles. The molecular formula is C20H22N4O. The summed E-state index contributed by atoms with van der Waals surface area (Å²) in [5.41, 5.74) is 5.74. The van der Waals surface area contributed by atoms with E-state index in [4.69, 9.17) is 0 Å². The first-order valence-electron chi connectivity index (χ1n) is 8.56. The van der Waals surface area contributed by atoms with E-state index in [1.54, 1.807) is 6.20 Å². The highest BCUT2D eigenvalue weighted by molar-refractivity contribution is 5.97. The van der Waals surface area contributed by atoms with Crippen molar-refractivity contribution in [2.45, 2.75) is 46.2 Å². The van der Waals surface area contributed by atoms with Crippen LogP contribution in [0.25, 0.3) is 11.0 Å². The third kappa shape index (κ3) is 2.60. The molecule has 1 aliphatic heterocycles. The van der Waals surface area contributed by atoms with Crippen molar-refractivity contribution in [3.05, 3.63) is 58.4 Å². The number of nitrogens with zero attached hydrogens (tertiary/aromatic N) is 3. The summed E-state index contributed by atoms with van der Waals surface area (Å²) >= 11 is 0. The second-order valence-electron chi connectivity index (χ2n) is 7.60. The van der Waals surface area contributed by atoms with Crippen molar-refractivity contribution >= 4 is 16.9 Å². The van der Waals surface area contributed by atoms with Gasteiger partial charge < -0.3 is 4.90 Å². The number of benzene rings is 1. The Morgan fingerprint density at radius 3 is 2.80 bits per heavy atom. The molecule has 3 aromatic rings. The van der Waals surface area contributed by atoms with Crippen LogP contribution in [0.3, 0.4) is 0 Å². The van der Waals surface area contributed by atoms with Crippen LogP contribution in [0.15, 0.2) is 30.5 Å². The molecule has 1 amide bonds. The van der Waals surface area contributed by atoms with Crippen LogP contribution in [-0.4, -0.2) is 31.5 Å². The molecule has 3 heterocycles. The maximum atomic E-state index is 13.2. The van der Waals surface area contributed by atoms with Crippen molar-refractivity contribution in [1.82, 2.24) is 20.1 Å². The smallest absolute Gasteiger partial charge is 0.256 e. The minimum absolute atomic E-state index is 0.0205. The molecule has 0 spiro atoms. The summed E-state index contributed by atoms with van der Waals surface area (Å²) in [7, 11) is 0. The summed E-state index contributed by atoms with van der Waals surface area (Å²) in [5, 5.41) is 7.96. The lowest BCUT2D eigenvalue weighted by Gasteiger charge is -2.43. The fraction of sp³-hybridized carbons (Fsp3) is 0.350. The van der Waals surface area contributed by atoms with Gasteiger partial charge in [-0.3, -0.25) is 9.89 Å². The predicted molar refractivity (Wildman–Crippen MR) is 97.5 cm³/mol. The van der Waals surface area contributed by atoms with E-state index in [1.807, 2.05) is 17.9 Å². The Morgan fingerprint density at radius 2 is 2.00 bits per heavy atom. The quantitative estimate of drug-likeness (QED) is 0.740. The van der Waals surface area contributed by atoms with Crippen molar-refractivity contribution in [2.75, 3.05) is 0 Å². The maximum absolute atomic E-state index is 13.2. The van der Waals surface area contributed by atoms with Crippen molar-refractivity contribution in [3.63, 3.8) is 0 Å². The van der Waals surface area contributed by atoms with Crippen molar-refractivity contribution in [1.29, 1.82) is 0 Å². The summed E-state index contributed by atoms with van der Waals surface area (Å²) in [6.07, 6.45) is 2.49. The molecule has 0 fully saturated rings. The van der Waals surface area contributed by atoms with E-state index in [2.05, 4.69) is 54.2 Å². The summed E-state index contributed by atoms with van der Waals surface area (Å²) in [6, 6.07) is 8.42. The van der Waals surface area contributed by atoms with Crippen LogP contribution < -0.4 is 0 Å². The number of carbonyl (C=O) groups is 1. The second kappa shape index (κ2) is 5.41. The largest absolute Gasteiger partial charge is 0.329 e. The highest BCUT2D eigenvalue weighted by Crippen LogP contribution is 2.32. The van der Waals surface area contributed by atoms with Gasteiger partial charge in [0.2, 0.25) is 0 Å². The van der Waals surface area contributed by atoms with Crippen LogP contribution in [-0.2, 0) is 13.0 Å². The molecule has 128 valence electrons. The third-order valence-corrected chi connectivity index (χ3v) is 5.14. The standard InChI is InChI=1S/C20H22N4O/c1-12-5-6-14-9-20(3,4)24(11-16(14)7-12)19(25)15-8-17-13(2)22-23-18(17)21-10-15/h5-8,10H,9,11H2,1-4H3,(H,21,22,23). The zero-order chi connectivity index (χ0) is 17.8. The van der Waals surface area contributed by atoms with E-state index in [9.17, 15) is 4.79 Å². The number of aromatic nitrogens is 3. The number of pyridine rings is 1. The minimum atomic E-state index is -0.236. The molecule has 0 atom stereocenters. The van der Waals surface area contributed by atoms with Crippen LogP contribution >= 0.6 is 0 Å². The second-order valence-corrected chi connectivity index (χ2v) is 7.60. The van der Waals surface area contributed by atoms with Gasteiger partial charge in [0.05, 0.1) is 5.56 Å². The molecule has 0 unspecified atom stereocenters. The van der Waals surface area contributed by atoms with E-state index in [1.165, 1.54) is 16.7 Å². The highest BCUT2D eigenvalue weighted by atomic mass is 16.2. The molecule has 25 heavy (non-hydrogen) atoms. The summed E-state index contributed by atoms with van der Waals surface area (Å²) in [5.74, 6) is 0.0205. The SMILES string of the molecule is Cc1ccc2c(c1)CN(C(=O)c1cnc3n[nH]c(C)c3c1)C(C)(C)C2. The lowest BCUT2D eigenvalue weighted by Crippen LogP contribution is -2.51. The van der Waals surface area contributed by atoms with Crippen LogP contribution in [0.4, 0.5) is 0 Å². The highest BCUT2D eigenvalue weighted by Gasteiger charge is 2.36. The number of H-pyrrole nitrogens is 1. The first-order valence-corrected chi connectivity index (χ1v) is 8.56. The van der Waals surface area contributed by atoms with E-state index >= 15 is 0 Å². The van der Waals surface area contributed by atoms with Gasteiger partial charge in [0.1, 0.15) is 0 Å². The average Bonchev–Trinajstić information content (AvgIpc) is 2.94. The Labute approximate surface area is 147 Å². The van der Waals surface area contributed by atoms with Gasteiger partial charge in [0.15, 0.2) is 5.65 Å². The molecule has 0 bridgehead atoms. The molecule has 2 aromatic heterocycles. The number of nitrogens with one attached hydrogen (secondary N) is 1. The number of aryl methyl sites for hydroxylation is 2. The van der Waals surface area contributed by atoms with E-state index in [-0.39, 0.29) is 11.4 Å². The molecule has 0 aliphatic carbocycles. The Kier molecular flexibility index (Phi) is 3.42. The first kappa shape index (κ1) is 15.8. The maximum Gasteiger partial charge on any atom is 0.256 e. The van der Waals surface area contributed by atoms with Gasteiger partial charge in [0, 0.05) is 29.4 Å². The number of aromatic amines is 1. The normalized spacial score (nSPS) is 16.1. The summed E-state index contributed by atoms with van der Waals surface area (Å²) in [6.45, 7) is 8.91. The topological polar surface area (TPSA) is 61.9 Å². The first-order chi connectivity index (χ1) is 11.8. The zero-order valence-corrected chi connectivity index (χ0v) is 15.1. The Hall–Kier alpha value is -2.69. The number of fused-ring (bicyclic) bond motifs is 2. The molecule has 1 aliphatic rings. The van der Waals surface area contributed by atoms with E-state index in [0.717, 1.165) is 17.5 Å². The molecule has 0 radical (unpaired) electrons. The molecule has 5 nitrogen and oxygen atoms in total. The van der Waals surface area contributed by atoms with E-state index < -0.39 is 0 Å². The number of hydrogen-bond donors (Lipinski definition) is 1. The molecule has 5 heteroatoms. The van der Waals surface area contributed by atoms with Crippen LogP contribution in [0, 0.1) is 13.8 Å². The van der Waals surface area contributed by atoms with Crippen LogP contribution in [0.1, 0.15) is 46.6 Å². The molecule has 4 rings (SSSR count). The minimum Gasteiger partial charge on any atom is -0.329 e. The van der Waals surface area contributed by atoms with Crippen molar-refractivity contribution in [3.8, 4) is 0 Å². The van der Waals surface area contributed by atoms with Crippen LogP contribution in [0.5, 0.6) is 0 Å². The fourth-order valence-corrected chi connectivity index (χ4v) is 3.66. The molecule has 1 aromatic carbocycles. The van der Waals surface area contributed by atoms with Gasteiger partial charge in [-0.05, 0) is 51.3 Å². The van der Waals surface area contributed by atoms with E-state index in [0.29, 0.717) is 17.8 Å². The number of carbonyl (C=O) groups excluding carboxylic acids is 1. The van der Waals surface area contributed by atoms with Gasteiger partial charge in [-0.15, -0.1) is 0 Å². The van der Waals surface area contributed by atoms with Crippen molar-refractivity contribution in [2.24, 2.45) is 0 Å². The Bertz CT molecular complexity index is 987. The number of hydrogen-bond acceptors (Lipinski definition) is 3. The third-order valence-electron chi connectivity index (χ3n) is 5.14. The predicted octanol–water partition coefficient (Wildman–Crippen LogP) is 3.55. The van der Waals surface area contributed by atoms with Gasteiger partial charge in [-0.2, -0.15) is 5.10 Å². The fourth-order valence-electron chi connectivity index (χ4n) is 3.66. The lowest BCUT2D eigenvalue weighted by atomic mass is 9.84. The van der Waals surface area contributed by atoms with Gasteiger partial charge in [0.25, 0.3) is 5.91 Å². The number of amides is 1. The molecule has 1 N–H and O–H groups in total. The van der Waals surface area contributed by atoms with Crippen LogP contribution in [0.2, 0.25) is 0 Å². The average molecular weight is 334 g/mol. The monoisotopic (exact) mass is 334 g/mol. The Balaban J connectivity index is 1.73. The number of rotatable bonds is 1. The Morgan fingerprint density at radius 1 is 1.20 bits per heavy atom. The van der Waals surface area contributed by atoms with Gasteiger partial charge in [-0.1, -0.05) is 23.8 Å². The van der Waals surface area contributed by atoms with Crippen molar-refractivity contribution < 1.29 is 4.79 Å².